The van der Waals surface area contributed by atoms with E-state index in [1.807, 2.05) is 6.92 Å². The highest BCUT2D eigenvalue weighted by Gasteiger charge is 2.06. The normalized spacial score (nSPS) is 10.8. The van der Waals surface area contributed by atoms with E-state index in [9.17, 15) is 10.1 Å². The van der Waals surface area contributed by atoms with E-state index in [2.05, 4.69) is 20.7 Å². The standard InChI is InChI=1S/C11H13N7O2/c1-2-10-14-16-11(17(10)12)15-13-7-8-3-5-9(6-4-8)18(19)20/h3-7H,2,12H2,1H3,(H,15,16)/b13-7+. The van der Waals surface area contributed by atoms with E-state index < -0.39 is 4.92 Å². The van der Waals surface area contributed by atoms with Gasteiger partial charge in [-0.2, -0.15) is 5.10 Å². The summed E-state index contributed by atoms with van der Waals surface area (Å²) in [5.74, 6) is 6.68. The molecule has 9 heteroatoms. The molecule has 1 heterocycles. The van der Waals surface area contributed by atoms with Crippen LogP contribution in [0.3, 0.4) is 0 Å². The van der Waals surface area contributed by atoms with Gasteiger partial charge in [0.2, 0.25) is 0 Å². The number of hydrogen-bond donors (Lipinski definition) is 2. The van der Waals surface area contributed by atoms with E-state index in [1.54, 1.807) is 12.1 Å². The van der Waals surface area contributed by atoms with Gasteiger partial charge in [0.1, 0.15) is 0 Å². The van der Waals surface area contributed by atoms with E-state index >= 15 is 0 Å². The maximum absolute atomic E-state index is 10.5. The highest BCUT2D eigenvalue weighted by atomic mass is 16.6. The number of anilines is 1. The number of hydrogen-bond acceptors (Lipinski definition) is 7. The van der Waals surface area contributed by atoms with Crippen LogP contribution in [-0.2, 0) is 6.42 Å². The van der Waals surface area contributed by atoms with Crippen molar-refractivity contribution in [1.82, 2.24) is 14.9 Å². The van der Waals surface area contributed by atoms with Crippen LogP contribution in [0.5, 0.6) is 0 Å². The predicted octanol–water partition coefficient (Wildman–Crippen LogP) is 0.909. The molecule has 1 aromatic heterocycles. The molecule has 20 heavy (non-hydrogen) atoms. The zero-order valence-corrected chi connectivity index (χ0v) is 10.7. The van der Waals surface area contributed by atoms with Gasteiger partial charge in [-0.25, -0.2) is 10.1 Å². The molecule has 0 fully saturated rings. The molecule has 0 saturated heterocycles. The third-order valence-electron chi connectivity index (χ3n) is 2.56. The highest BCUT2D eigenvalue weighted by molar-refractivity contribution is 5.80. The van der Waals surface area contributed by atoms with Crippen molar-refractivity contribution in [3.8, 4) is 0 Å². The number of hydrazone groups is 1. The number of non-ortho nitro benzene ring substituents is 1. The van der Waals surface area contributed by atoms with Crippen molar-refractivity contribution < 1.29 is 4.92 Å². The van der Waals surface area contributed by atoms with Crippen molar-refractivity contribution in [2.75, 3.05) is 11.3 Å². The third kappa shape index (κ3) is 2.88. The molecule has 0 aliphatic rings. The van der Waals surface area contributed by atoms with E-state index in [1.165, 1.54) is 23.0 Å². The van der Waals surface area contributed by atoms with E-state index in [-0.39, 0.29) is 5.69 Å². The minimum atomic E-state index is -0.456. The van der Waals surface area contributed by atoms with Crippen molar-refractivity contribution in [2.45, 2.75) is 13.3 Å². The van der Waals surface area contributed by atoms with Crippen LogP contribution in [-0.4, -0.2) is 26.0 Å². The molecule has 0 unspecified atom stereocenters. The number of aromatic nitrogens is 3. The number of nitrogen functional groups attached to an aromatic ring is 1. The number of nitrogens with one attached hydrogen (secondary N) is 1. The van der Waals surface area contributed by atoms with E-state index in [0.717, 1.165) is 0 Å². The molecule has 2 aromatic rings. The van der Waals surface area contributed by atoms with Gasteiger partial charge in [0.05, 0.1) is 11.1 Å². The Kier molecular flexibility index (Phi) is 3.89. The van der Waals surface area contributed by atoms with E-state index in [4.69, 9.17) is 5.84 Å². The predicted molar refractivity (Wildman–Crippen MR) is 73.9 cm³/mol. The summed E-state index contributed by atoms with van der Waals surface area (Å²) < 4.78 is 1.31. The molecule has 2 rings (SSSR count). The largest absolute Gasteiger partial charge is 0.335 e. The average Bonchev–Trinajstić information content (AvgIpc) is 2.80. The molecule has 9 nitrogen and oxygen atoms in total. The molecule has 0 aliphatic carbocycles. The number of nitro benzene ring substituents is 1. The third-order valence-corrected chi connectivity index (χ3v) is 2.56. The number of nitrogens with two attached hydrogens (primary N) is 1. The van der Waals surface area contributed by atoms with Crippen LogP contribution >= 0.6 is 0 Å². The van der Waals surface area contributed by atoms with Crippen molar-refractivity contribution in [2.24, 2.45) is 5.10 Å². The summed E-state index contributed by atoms with van der Waals surface area (Å²) in [5, 5.41) is 22.2. The molecule has 0 bridgehead atoms. The Morgan fingerprint density at radius 3 is 2.70 bits per heavy atom. The van der Waals surface area contributed by atoms with Crippen LogP contribution in [0.25, 0.3) is 0 Å². The van der Waals surface area contributed by atoms with Gasteiger partial charge in [-0.15, -0.1) is 10.2 Å². The second-order valence-electron chi connectivity index (χ2n) is 3.88. The Morgan fingerprint density at radius 1 is 1.45 bits per heavy atom. The first-order chi connectivity index (χ1) is 9.61. The summed E-state index contributed by atoms with van der Waals surface area (Å²) in [6.07, 6.45) is 2.17. The SMILES string of the molecule is CCc1nnc(N/N=C/c2ccc([N+](=O)[O-])cc2)n1N. The monoisotopic (exact) mass is 275 g/mol. The van der Waals surface area contributed by atoms with Gasteiger partial charge < -0.3 is 5.84 Å². The number of aryl methyl sites for hydroxylation is 1. The maximum atomic E-state index is 10.5. The molecule has 0 spiro atoms. The Hall–Kier alpha value is -2.97. The molecule has 104 valence electrons. The van der Waals surface area contributed by atoms with Crippen molar-refractivity contribution >= 4 is 17.9 Å². The fraction of sp³-hybridized carbons (Fsp3) is 0.182. The fourth-order valence-corrected chi connectivity index (χ4v) is 1.49. The topological polar surface area (TPSA) is 124 Å². The molecule has 1 aromatic carbocycles. The number of nitro groups is 1. The van der Waals surface area contributed by atoms with E-state index in [0.29, 0.717) is 23.8 Å². The zero-order valence-electron chi connectivity index (χ0n) is 10.7. The van der Waals surface area contributed by atoms with Gasteiger partial charge in [0.15, 0.2) is 5.82 Å². The summed E-state index contributed by atoms with van der Waals surface area (Å²) in [6, 6.07) is 5.99. The molecule has 0 saturated carbocycles. The lowest BCUT2D eigenvalue weighted by Crippen LogP contribution is -2.14. The smallest absolute Gasteiger partial charge is 0.269 e. The number of nitrogens with zero attached hydrogens (tertiary/aromatic N) is 5. The second-order valence-corrected chi connectivity index (χ2v) is 3.88. The number of rotatable bonds is 5. The molecular weight excluding hydrogens is 262 g/mol. The quantitative estimate of drug-likeness (QED) is 0.361. The van der Waals surface area contributed by atoms with Crippen LogP contribution in [0.4, 0.5) is 11.6 Å². The minimum absolute atomic E-state index is 0.0319. The van der Waals surface area contributed by atoms with Crippen molar-refractivity contribution in [3.05, 3.63) is 45.8 Å². The summed E-state index contributed by atoms with van der Waals surface area (Å²) in [7, 11) is 0. The maximum Gasteiger partial charge on any atom is 0.269 e. The average molecular weight is 275 g/mol. The summed E-state index contributed by atoms with van der Waals surface area (Å²) in [6.45, 7) is 1.91. The highest BCUT2D eigenvalue weighted by Crippen LogP contribution is 2.10. The van der Waals surface area contributed by atoms with Gasteiger partial charge >= 0.3 is 0 Å². The Balaban J connectivity index is 2.02. The molecule has 3 N–H and O–H groups in total. The Bertz CT molecular complexity index is 633. The Morgan fingerprint density at radius 2 is 2.15 bits per heavy atom. The van der Waals surface area contributed by atoms with Crippen molar-refractivity contribution in [1.29, 1.82) is 0 Å². The first kappa shape index (κ1) is 13.5. The van der Waals surface area contributed by atoms with Crippen LogP contribution in [0.15, 0.2) is 29.4 Å². The summed E-state index contributed by atoms with van der Waals surface area (Å²) in [5.41, 5.74) is 3.40. The lowest BCUT2D eigenvalue weighted by atomic mass is 10.2. The summed E-state index contributed by atoms with van der Waals surface area (Å²) in [4.78, 5) is 10.1. The van der Waals surface area contributed by atoms with Gasteiger partial charge in [0.25, 0.3) is 11.6 Å². The molecule has 0 radical (unpaired) electrons. The number of benzene rings is 1. The van der Waals surface area contributed by atoms with Crippen LogP contribution < -0.4 is 11.3 Å². The Labute approximate surface area is 114 Å². The molecule has 0 amide bonds. The van der Waals surface area contributed by atoms with Gasteiger partial charge in [-0.05, 0) is 17.7 Å². The van der Waals surface area contributed by atoms with Crippen LogP contribution in [0.1, 0.15) is 18.3 Å². The zero-order chi connectivity index (χ0) is 14.5. The lowest BCUT2D eigenvalue weighted by Gasteiger charge is -2.00. The second kappa shape index (κ2) is 5.78. The van der Waals surface area contributed by atoms with Gasteiger partial charge in [-0.1, -0.05) is 6.92 Å². The van der Waals surface area contributed by atoms with Crippen LogP contribution in [0.2, 0.25) is 0 Å². The fourth-order valence-electron chi connectivity index (χ4n) is 1.49. The van der Waals surface area contributed by atoms with Crippen molar-refractivity contribution in [3.63, 3.8) is 0 Å². The van der Waals surface area contributed by atoms with Gasteiger partial charge in [0, 0.05) is 18.6 Å². The van der Waals surface area contributed by atoms with Crippen LogP contribution in [0, 0.1) is 10.1 Å². The molecule has 0 atom stereocenters. The first-order valence-corrected chi connectivity index (χ1v) is 5.84. The minimum Gasteiger partial charge on any atom is -0.335 e. The van der Waals surface area contributed by atoms with Gasteiger partial charge in [-0.3, -0.25) is 10.1 Å². The molecular formula is C11H13N7O2. The summed E-state index contributed by atoms with van der Waals surface area (Å²) >= 11 is 0. The lowest BCUT2D eigenvalue weighted by molar-refractivity contribution is -0.384. The molecule has 0 aliphatic heterocycles. The first-order valence-electron chi connectivity index (χ1n) is 5.84.